The van der Waals surface area contributed by atoms with Crippen LogP contribution in [0.5, 0.6) is 5.75 Å². The van der Waals surface area contributed by atoms with E-state index in [1.165, 1.54) is 0 Å². The summed E-state index contributed by atoms with van der Waals surface area (Å²) in [6.07, 6.45) is 3.23. The molecule has 0 aromatic heterocycles. The molecule has 6 heteroatoms. The van der Waals surface area contributed by atoms with Gasteiger partial charge in [-0.25, -0.2) is 4.79 Å². The van der Waals surface area contributed by atoms with Crippen LogP contribution in [0.3, 0.4) is 0 Å². The number of ether oxygens (including phenoxy) is 2. The molecule has 0 aliphatic carbocycles. The zero-order valence-corrected chi connectivity index (χ0v) is 15.8. The first kappa shape index (κ1) is 20.3. The fraction of sp³-hybridized carbons (Fsp3) is 0.250. The second-order valence-corrected chi connectivity index (χ2v) is 6.42. The Labute approximate surface area is 163 Å². The van der Waals surface area contributed by atoms with Crippen LogP contribution in [0.25, 0.3) is 6.08 Å². The molecule has 0 radical (unpaired) electrons. The highest BCUT2D eigenvalue weighted by molar-refractivity contribution is 6.34. The lowest BCUT2D eigenvalue weighted by Gasteiger charge is -2.12. The van der Waals surface area contributed by atoms with Crippen LogP contribution in [0.2, 0.25) is 10.0 Å². The van der Waals surface area contributed by atoms with Gasteiger partial charge in [0, 0.05) is 23.1 Å². The number of benzene rings is 2. The molecule has 1 atom stereocenters. The van der Waals surface area contributed by atoms with Gasteiger partial charge in [0.05, 0.1) is 0 Å². The third-order valence-electron chi connectivity index (χ3n) is 3.53. The van der Waals surface area contributed by atoms with Crippen molar-refractivity contribution in [2.75, 3.05) is 13.2 Å². The van der Waals surface area contributed by atoms with Crippen LogP contribution in [0.15, 0.2) is 48.5 Å². The Kier molecular flexibility index (Phi) is 7.98. The van der Waals surface area contributed by atoms with Crippen molar-refractivity contribution in [2.45, 2.75) is 19.4 Å². The van der Waals surface area contributed by atoms with Crippen molar-refractivity contribution in [3.8, 4) is 5.75 Å². The van der Waals surface area contributed by atoms with Crippen LogP contribution < -0.4 is 4.74 Å². The smallest absolute Gasteiger partial charge is 0.333 e. The Balaban J connectivity index is 1.87. The van der Waals surface area contributed by atoms with E-state index < -0.39 is 12.1 Å². The van der Waals surface area contributed by atoms with Crippen molar-refractivity contribution in [3.63, 3.8) is 0 Å². The number of halogens is 2. The highest BCUT2D eigenvalue weighted by Crippen LogP contribution is 2.20. The number of hydrogen-bond donors (Lipinski definition) is 1. The highest BCUT2D eigenvalue weighted by atomic mass is 35.5. The predicted molar refractivity (Wildman–Crippen MR) is 104 cm³/mol. The molecule has 0 bridgehead atoms. The summed E-state index contributed by atoms with van der Waals surface area (Å²) in [7, 11) is 0. The van der Waals surface area contributed by atoms with E-state index in [1.54, 1.807) is 13.0 Å². The topological polar surface area (TPSA) is 55.8 Å². The van der Waals surface area contributed by atoms with Crippen LogP contribution in [-0.2, 0) is 16.0 Å². The second kappa shape index (κ2) is 10.2. The van der Waals surface area contributed by atoms with E-state index in [0.717, 1.165) is 11.1 Å². The molecule has 0 spiro atoms. The van der Waals surface area contributed by atoms with Crippen LogP contribution >= 0.6 is 23.2 Å². The molecule has 0 amide bonds. The Morgan fingerprint density at radius 1 is 1.15 bits per heavy atom. The van der Waals surface area contributed by atoms with E-state index in [2.05, 4.69) is 0 Å². The molecule has 138 valence electrons. The number of aliphatic carboxylic acids is 1. The maximum atomic E-state index is 11.1. The van der Waals surface area contributed by atoms with Gasteiger partial charge in [-0.2, -0.15) is 0 Å². The zero-order chi connectivity index (χ0) is 18.9. The molecule has 2 aromatic carbocycles. The van der Waals surface area contributed by atoms with Gasteiger partial charge in [0.25, 0.3) is 0 Å². The number of hydrogen-bond acceptors (Lipinski definition) is 3. The molecular formula is C20H20Cl2O4. The van der Waals surface area contributed by atoms with Crippen molar-refractivity contribution in [1.82, 2.24) is 0 Å². The highest BCUT2D eigenvalue weighted by Gasteiger charge is 2.17. The van der Waals surface area contributed by atoms with Gasteiger partial charge in [0.2, 0.25) is 0 Å². The van der Waals surface area contributed by atoms with E-state index >= 15 is 0 Å². The summed E-state index contributed by atoms with van der Waals surface area (Å²) >= 11 is 11.9. The molecule has 26 heavy (non-hydrogen) atoms. The van der Waals surface area contributed by atoms with E-state index in [9.17, 15) is 4.79 Å². The summed E-state index contributed by atoms with van der Waals surface area (Å²) in [5.41, 5.74) is 1.78. The number of carbonyl (C=O) groups is 1. The Morgan fingerprint density at radius 2 is 1.81 bits per heavy atom. The Bertz CT molecular complexity index is 737. The molecule has 1 unspecified atom stereocenters. The maximum Gasteiger partial charge on any atom is 0.333 e. The first-order chi connectivity index (χ1) is 12.5. The van der Waals surface area contributed by atoms with Gasteiger partial charge in [0.15, 0.2) is 6.10 Å². The molecule has 1 N–H and O–H groups in total. The minimum absolute atomic E-state index is 0.318. The minimum Gasteiger partial charge on any atom is -0.490 e. The van der Waals surface area contributed by atoms with Gasteiger partial charge in [-0.05, 0) is 54.5 Å². The van der Waals surface area contributed by atoms with Crippen molar-refractivity contribution >= 4 is 35.2 Å². The average molecular weight is 395 g/mol. The molecule has 0 aliphatic heterocycles. The predicted octanol–water partition coefficient (Wildman–Crippen LogP) is 5.12. The van der Waals surface area contributed by atoms with Gasteiger partial charge in [-0.1, -0.05) is 41.4 Å². The molecule has 0 saturated heterocycles. The maximum absolute atomic E-state index is 11.1. The lowest BCUT2D eigenvalue weighted by Crippen LogP contribution is -2.26. The summed E-state index contributed by atoms with van der Waals surface area (Å²) in [6, 6.07) is 12.6. The molecule has 0 fully saturated rings. The quantitative estimate of drug-likeness (QED) is 0.641. The summed E-state index contributed by atoms with van der Waals surface area (Å²) in [4.78, 5) is 11.1. The van der Waals surface area contributed by atoms with Gasteiger partial charge in [-0.15, -0.1) is 0 Å². The lowest BCUT2D eigenvalue weighted by molar-refractivity contribution is -0.149. The third kappa shape index (κ3) is 6.71. The van der Waals surface area contributed by atoms with Crippen molar-refractivity contribution in [3.05, 3.63) is 69.7 Å². The Hall–Kier alpha value is -2.01. The van der Waals surface area contributed by atoms with Gasteiger partial charge in [-0.3, -0.25) is 0 Å². The lowest BCUT2D eigenvalue weighted by atomic mass is 10.1. The first-order valence-corrected chi connectivity index (χ1v) is 8.92. The second-order valence-electron chi connectivity index (χ2n) is 5.55. The molecule has 0 saturated carbocycles. The molecule has 0 aliphatic rings. The van der Waals surface area contributed by atoms with E-state index in [0.29, 0.717) is 35.4 Å². The summed E-state index contributed by atoms with van der Waals surface area (Å²) in [5.74, 6) is -0.260. The first-order valence-electron chi connectivity index (χ1n) is 8.16. The molecule has 2 rings (SSSR count). The molecule has 2 aromatic rings. The number of carboxylic acid groups (broad SMARTS) is 1. The van der Waals surface area contributed by atoms with Gasteiger partial charge in [0.1, 0.15) is 12.4 Å². The zero-order valence-electron chi connectivity index (χ0n) is 14.3. The standard InChI is InChI=1S/C20H20Cl2O4/c1-2-25-19(20(23)24)12-14-5-7-18(8-6-14)26-9-3-4-15-10-16(21)13-17(22)11-15/h3-8,10-11,13,19H,2,9,12H2,1H3,(H,23,24)/b4-3+. The number of carboxylic acids is 1. The molecule has 4 nitrogen and oxygen atoms in total. The van der Waals surface area contributed by atoms with Crippen LogP contribution in [0.1, 0.15) is 18.1 Å². The summed E-state index contributed by atoms with van der Waals surface area (Å²) in [5, 5.41) is 10.3. The summed E-state index contributed by atoms with van der Waals surface area (Å²) < 4.78 is 10.9. The normalized spacial score (nSPS) is 12.3. The van der Waals surface area contributed by atoms with E-state index in [4.69, 9.17) is 37.8 Å². The third-order valence-corrected chi connectivity index (χ3v) is 3.97. The SMILES string of the molecule is CCOC(Cc1ccc(OC/C=C/c2cc(Cl)cc(Cl)c2)cc1)C(=O)O. The van der Waals surface area contributed by atoms with Gasteiger partial charge >= 0.3 is 5.97 Å². The Morgan fingerprint density at radius 3 is 2.38 bits per heavy atom. The minimum atomic E-state index is -0.960. The van der Waals surface area contributed by atoms with Crippen LogP contribution in [-0.4, -0.2) is 30.4 Å². The summed E-state index contributed by atoms with van der Waals surface area (Å²) in [6.45, 7) is 2.53. The van der Waals surface area contributed by atoms with E-state index in [-0.39, 0.29) is 0 Å². The average Bonchev–Trinajstić information content (AvgIpc) is 2.59. The molecular weight excluding hydrogens is 375 g/mol. The van der Waals surface area contributed by atoms with Crippen molar-refractivity contribution in [2.24, 2.45) is 0 Å². The van der Waals surface area contributed by atoms with Crippen LogP contribution in [0, 0.1) is 0 Å². The van der Waals surface area contributed by atoms with Crippen molar-refractivity contribution in [1.29, 1.82) is 0 Å². The van der Waals surface area contributed by atoms with Crippen molar-refractivity contribution < 1.29 is 19.4 Å². The monoisotopic (exact) mass is 394 g/mol. The fourth-order valence-corrected chi connectivity index (χ4v) is 2.90. The molecule has 0 heterocycles. The fourth-order valence-electron chi connectivity index (χ4n) is 2.35. The largest absolute Gasteiger partial charge is 0.490 e. The van der Waals surface area contributed by atoms with Gasteiger partial charge < -0.3 is 14.6 Å². The van der Waals surface area contributed by atoms with E-state index in [1.807, 2.05) is 48.6 Å². The van der Waals surface area contributed by atoms with Crippen LogP contribution in [0.4, 0.5) is 0 Å². The number of rotatable bonds is 9.